The first-order valence-corrected chi connectivity index (χ1v) is 14.8. The minimum absolute atomic E-state index is 0.114. The predicted molar refractivity (Wildman–Crippen MR) is 156 cm³/mol. The molecule has 2 aliphatic heterocycles. The summed E-state index contributed by atoms with van der Waals surface area (Å²) in [7, 11) is 1.70. The van der Waals surface area contributed by atoms with Gasteiger partial charge in [-0.25, -0.2) is 0 Å². The number of aliphatic carboxylic acids is 1. The third-order valence-electron chi connectivity index (χ3n) is 8.84. The summed E-state index contributed by atoms with van der Waals surface area (Å²) >= 11 is 6.30. The molecule has 5 rings (SSSR count). The Morgan fingerprint density at radius 2 is 1.93 bits per heavy atom. The SMILES string of the molecule is CN1CC/C=C/[C@H](O)[C@@H]2CC[C@H]2CN2CCCCc3cc(Cl)ccc3COc3ccc(cc32)[C@H](C(=O)O)CC1=O. The standard InChI is InChI=1S/C32H39ClN2O5/c1-34-14-4-3-7-29(36)26-12-9-23(26)19-35-15-5-2-6-21-16-25(33)11-8-24(21)20-40-30-13-10-22(17-28(30)35)27(32(38)39)18-31(34)37/h3,7-8,10-11,13,16-17,23,26-27,29,36H,2,4-6,9,12,14-15,18-20H2,1H3,(H,38,39)/b7-3+/t23-,26+,27+,29-/m0/s1. The maximum Gasteiger partial charge on any atom is 0.311 e. The molecule has 0 unspecified atom stereocenters. The fourth-order valence-electron chi connectivity index (χ4n) is 6.18. The van der Waals surface area contributed by atoms with E-state index in [9.17, 15) is 19.8 Å². The molecule has 2 bridgehead atoms. The molecule has 1 fully saturated rings. The molecular weight excluding hydrogens is 528 g/mol. The summed E-state index contributed by atoms with van der Waals surface area (Å²) in [6.45, 7) is 2.40. The Kier molecular flexibility index (Phi) is 9.01. The number of halogens is 1. The summed E-state index contributed by atoms with van der Waals surface area (Å²) in [5.41, 5.74) is 3.73. The highest BCUT2D eigenvalue weighted by Crippen LogP contribution is 2.41. The maximum absolute atomic E-state index is 13.0. The second kappa shape index (κ2) is 12.6. The van der Waals surface area contributed by atoms with Crippen LogP contribution in [0.2, 0.25) is 5.02 Å². The molecule has 1 aliphatic carbocycles. The lowest BCUT2D eigenvalue weighted by Crippen LogP contribution is -2.43. The average molecular weight is 567 g/mol. The lowest BCUT2D eigenvalue weighted by molar-refractivity contribution is -0.142. The summed E-state index contributed by atoms with van der Waals surface area (Å²) in [6, 6.07) is 11.5. The van der Waals surface area contributed by atoms with E-state index in [1.807, 2.05) is 42.5 Å². The van der Waals surface area contributed by atoms with Crippen LogP contribution in [0.1, 0.15) is 61.1 Å². The molecule has 1 amide bonds. The molecule has 214 valence electrons. The summed E-state index contributed by atoms with van der Waals surface area (Å²) < 4.78 is 6.42. The van der Waals surface area contributed by atoms with Crippen molar-refractivity contribution in [2.75, 3.05) is 31.6 Å². The fraction of sp³-hybridized carbons (Fsp3) is 0.500. The minimum atomic E-state index is -1.01. The number of carbonyl (C=O) groups excluding carboxylic acids is 1. The number of amides is 1. The van der Waals surface area contributed by atoms with E-state index in [0.29, 0.717) is 41.8 Å². The number of carboxylic acids is 1. The zero-order chi connectivity index (χ0) is 28.2. The van der Waals surface area contributed by atoms with Gasteiger partial charge in [0.05, 0.1) is 17.7 Å². The number of hydrogen-bond acceptors (Lipinski definition) is 5. The molecule has 2 aromatic rings. The molecule has 1 saturated carbocycles. The van der Waals surface area contributed by atoms with Gasteiger partial charge in [-0.3, -0.25) is 9.59 Å². The van der Waals surface area contributed by atoms with Gasteiger partial charge in [-0.15, -0.1) is 0 Å². The van der Waals surface area contributed by atoms with Gasteiger partial charge in [0.1, 0.15) is 12.4 Å². The molecule has 0 saturated heterocycles. The lowest BCUT2D eigenvalue weighted by atomic mass is 9.70. The Bertz CT molecular complexity index is 1260. The van der Waals surface area contributed by atoms with Crippen molar-refractivity contribution < 1.29 is 24.5 Å². The van der Waals surface area contributed by atoms with Crippen molar-refractivity contribution in [2.24, 2.45) is 11.8 Å². The van der Waals surface area contributed by atoms with Gasteiger partial charge in [0.15, 0.2) is 0 Å². The molecule has 8 heteroatoms. The number of carboxylic acid groups (broad SMARTS) is 1. The van der Waals surface area contributed by atoms with Crippen molar-refractivity contribution in [3.05, 3.63) is 70.3 Å². The van der Waals surface area contributed by atoms with Gasteiger partial charge in [0.25, 0.3) is 0 Å². The highest BCUT2D eigenvalue weighted by molar-refractivity contribution is 6.30. The topological polar surface area (TPSA) is 90.3 Å². The minimum Gasteiger partial charge on any atom is -0.487 e. The number of hydrogen-bond donors (Lipinski definition) is 2. The van der Waals surface area contributed by atoms with Crippen LogP contribution in [0.5, 0.6) is 5.75 Å². The van der Waals surface area contributed by atoms with Crippen molar-refractivity contribution in [3.63, 3.8) is 0 Å². The van der Waals surface area contributed by atoms with Crippen LogP contribution in [-0.2, 0) is 22.6 Å². The summed E-state index contributed by atoms with van der Waals surface area (Å²) in [4.78, 5) is 29.3. The lowest BCUT2D eigenvalue weighted by Gasteiger charge is -2.42. The fourth-order valence-corrected chi connectivity index (χ4v) is 6.37. The molecule has 2 aromatic carbocycles. The molecule has 3 aliphatic rings. The molecule has 2 heterocycles. The molecule has 2 N–H and O–H groups in total. The normalized spacial score (nSPS) is 26.8. The largest absolute Gasteiger partial charge is 0.487 e. The number of anilines is 1. The van der Waals surface area contributed by atoms with E-state index < -0.39 is 18.0 Å². The second-order valence-electron chi connectivity index (χ2n) is 11.5. The summed E-state index contributed by atoms with van der Waals surface area (Å²) in [5, 5.41) is 21.8. The van der Waals surface area contributed by atoms with E-state index in [-0.39, 0.29) is 18.2 Å². The van der Waals surface area contributed by atoms with Crippen molar-refractivity contribution in [3.8, 4) is 5.75 Å². The molecule has 40 heavy (non-hydrogen) atoms. The van der Waals surface area contributed by atoms with E-state index >= 15 is 0 Å². The molecule has 7 nitrogen and oxygen atoms in total. The molecular formula is C32H39ClN2O5. The summed E-state index contributed by atoms with van der Waals surface area (Å²) in [6.07, 6.45) is 8.64. The Morgan fingerprint density at radius 1 is 1.07 bits per heavy atom. The van der Waals surface area contributed by atoms with Crippen molar-refractivity contribution in [1.29, 1.82) is 0 Å². The van der Waals surface area contributed by atoms with Gasteiger partial charge in [-0.05, 0) is 91.3 Å². The van der Waals surface area contributed by atoms with Gasteiger partial charge in [0, 0.05) is 38.1 Å². The van der Waals surface area contributed by atoms with E-state index in [0.717, 1.165) is 56.4 Å². The Balaban J connectivity index is 1.55. The Hall–Kier alpha value is -3.03. The van der Waals surface area contributed by atoms with Gasteiger partial charge < -0.3 is 24.7 Å². The van der Waals surface area contributed by atoms with E-state index in [1.54, 1.807) is 18.0 Å². The first-order valence-electron chi connectivity index (χ1n) is 14.4. The number of ether oxygens (including phenoxy) is 1. The number of rotatable bonds is 1. The van der Waals surface area contributed by atoms with Crippen LogP contribution < -0.4 is 9.64 Å². The highest BCUT2D eigenvalue weighted by Gasteiger charge is 2.37. The van der Waals surface area contributed by atoms with Crippen molar-refractivity contribution >= 4 is 29.2 Å². The first-order chi connectivity index (χ1) is 19.3. The number of carbonyl (C=O) groups is 2. The van der Waals surface area contributed by atoms with Crippen LogP contribution >= 0.6 is 11.6 Å². The zero-order valence-corrected chi connectivity index (χ0v) is 23.9. The Labute approximate surface area is 241 Å². The first kappa shape index (κ1) is 28.5. The number of aliphatic hydroxyl groups is 1. The van der Waals surface area contributed by atoms with Crippen LogP contribution in [0.15, 0.2) is 48.6 Å². The number of aliphatic hydroxyl groups excluding tert-OH is 1. The molecule has 4 atom stereocenters. The van der Waals surface area contributed by atoms with Gasteiger partial charge in [-0.1, -0.05) is 35.9 Å². The molecule has 0 aromatic heterocycles. The molecule has 0 radical (unpaired) electrons. The number of nitrogens with zero attached hydrogens (tertiary/aromatic N) is 2. The van der Waals surface area contributed by atoms with Gasteiger partial charge in [0.2, 0.25) is 5.91 Å². The van der Waals surface area contributed by atoms with Crippen LogP contribution in [0.25, 0.3) is 0 Å². The zero-order valence-electron chi connectivity index (χ0n) is 23.1. The van der Waals surface area contributed by atoms with Crippen LogP contribution in [0, 0.1) is 11.8 Å². The number of fused-ring (bicyclic) bond motifs is 3. The molecule has 0 spiro atoms. The van der Waals surface area contributed by atoms with E-state index in [2.05, 4.69) is 4.90 Å². The van der Waals surface area contributed by atoms with E-state index in [4.69, 9.17) is 16.3 Å². The summed E-state index contributed by atoms with van der Waals surface area (Å²) in [5.74, 6) is -0.995. The van der Waals surface area contributed by atoms with Crippen LogP contribution in [0.4, 0.5) is 5.69 Å². The Morgan fingerprint density at radius 3 is 2.70 bits per heavy atom. The quantitative estimate of drug-likeness (QED) is 0.448. The van der Waals surface area contributed by atoms with Crippen molar-refractivity contribution in [2.45, 2.75) is 63.6 Å². The monoisotopic (exact) mass is 566 g/mol. The maximum atomic E-state index is 13.0. The number of benzene rings is 2. The van der Waals surface area contributed by atoms with E-state index in [1.165, 1.54) is 5.56 Å². The smallest absolute Gasteiger partial charge is 0.311 e. The van der Waals surface area contributed by atoms with Crippen LogP contribution in [-0.4, -0.2) is 59.8 Å². The second-order valence-corrected chi connectivity index (χ2v) is 11.9. The predicted octanol–water partition coefficient (Wildman–Crippen LogP) is 5.43. The van der Waals surface area contributed by atoms with Crippen LogP contribution in [0.3, 0.4) is 0 Å². The third kappa shape index (κ3) is 6.47. The third-order valence-corrected chi connectivity index (χ3v) is 9.07. The highest BCUT2D eigenvalue weighted by atomic mass is 35.5. The van der Waals surface area contributed by atoms with Gasteiger partial charge >= 0.3 is 5.97 Å². The average Bonchev–Trinajstić information content (AvgIpc) is 2.94. The van der Waals surface area contributed by atoms with Crippen molar-refractivity contribution in [1.82, 2.24) is 4.90 Å². The number of aryl methyl sites for hydroxylation is 1. The van der Waals surface area contributed by atoms with Gasteiger partial charge in [-0.2, -0.15) is 0 Å².